The highest BCUT2D eigenvalue weighted by Gasteiger charge is 2.31. The number of hydrogen-bond acceptors (Lipinski definition) is 8. The number of esters is 1. The third-order valence-corrected chi connectivity index (χ3v) is 6.50. The molecule has 40 heavy (non-hydrogen) atoms. The molecule has 0 bridgehead atoms. The van der Waals surface area contributed by atoms with Gasteiger partial charge in [0.25, 0.3) is 0 Å². The van der Waals surface area contributed by atoms with Crippen LogP contribution in [0.5, 0.6) is 28.7 Å². The highest BCUT2D eigenvalue weighted by Crippen LogP contribution is 2.45. The van der Waals surface area contributed by atoms with Crippen LogP contribution in [0.15, 0.2) is 66.1 Å². The van der Waals surface area contributed by atoms with Gasteiger partial charge in [0, 0.05) is 11.6 Å². The van der Waals surface area contributed by atoms with E-state index in [1.54, 1.807) is 25.3 Å². The number of aryl methyl sites for hydroxylation is 2. The van der Waals surface area contributed by atoms with Crippen LogP contribution in [0.3, 0.4) is 0 Å². The molecule has 208 valence electrons. The first-order valence-electron chi connectivity index (χ1n) is 13.3. The molecule has 0 saturated heterocycles. The van der Waals surface area contributed by atoms with E-state index in [0.29, 0.717) is 35.2 Å². The lowest BCUT2D eigenvalue weighted by molar-refractivity contribution is -0.136. The Labute approximate surface area is 234 Å². The number of carbonyl (C=O) groups excluding carboxylic acids is 1. The predicted octanol–water partition coefficient (Wildman–Crippen LogP) is 6.08. The number of hydrogen-bond donors (Lipinski definition) is 1. The lowest BCUT2D eigenvalue weighted by Gasteiger charge is -2.27. The molecule has 1 heterocycles. The monoisotopic (exact) mass is 542 g/mol. The number of nitrogens with zero attached hydrogens (tertiary/aromatic N) is 1. The molecule has 0 fully saturated rings. The predicted molar refractivity (Wildman–Crippen MR) is 151 cm³/mol. The van der Waals surface area contributed by atoms with Crippen molar-refractivity contribution in [3.63, 3.8) is 0 Å². The highest BCUT2D eigenvalue weighted by molar-refractivity contribution is 5.74. The zero-order valence-electron chi connectivity index (χ0n) is 23.3. The van der Waals surface area contributed by atoms with Crippen LogP contribution in [-0.2, 0) is 4.79 Å². The van der Waals surface area contributed by atoms with E-state index in [2.05, 4.69) is 13.0 Å². The first kappa shape index (κ1) is 28.4. The molecule has 0 saturated carbocycles. The summed E-state index contributed by atoms with van der Waals surface area (Å²) in [6.07, 6.45) is 3.15. The van der Waals surface area contributed by atoms with Gasteiger partial charge in [-0.3, -0.25) is 0 Å². The van der Waals surface area contributed by atoms with Gasteiger partial charge in [-0.25, -0.2) is 4.79 Å². The van der Waals surface area contributed by atoms with Gasteiger partial charge in [-0.2, -0.15) is 5.26 Å². The molecule has 4 rings (SSSR count). The van der Waals surface area contributed by atoms with Crippen LogP contribution in [-0.4, -0.2) is 26.3 Å². The Morgan fingerprint density at radius 3 is 2.45 bits per heavy atom. The van der Waals surface area contributed by atoms with Gasteiger partial charge in [-0.05, 0) is 67.3 Å². The zero-order chi connectivity index (χ0) is 28.6. The Morgan fingerprint density at radius 1 is 0.975 bits per heavy atom. The second kappa shape index (κ2) is 12.9. The fraction of sp³-hybridized carbons (Fsp3) is 0.312. The summed E-state index contributed by atoms with van der Waals surface area (Å²) in [5.74, 6) is 1.37. The SMILES string of the molecule is CCCCCOc1ccc(C2C(C#N)=C(N)Oc3cc(OC(=O)COc4cc(C)cc(C)c4)ccc32)cc1OC. The Hall–Kier alpha value is -4.64. The van der Waals surface area contributed by atoms with E-state index >= 15 is 0 Å². The summed E-state index contributed by atoms with van der Waals surface area (Å²) >= 11 is 0. The molecule has 1 atom stereocenters. The molecule has 0 amide bonds. The summed E-state index contributed by atoms with van der Waals surface area (Å²) < 4.78 is 28.4. The highest BCUT2D eigenvalue weighted by atomic mass is 16.6. The molecule has 0 radical (unpaired) electrons. The largest absolute Gasteiger partial charge is 0.493 e. The minimum absolute atomic E-state index is 0.0134. The molecule has 0 spiro atoms. The van der Waals surface area contributed by atoms with Gasteiger partial charge >= 0.3 is 5.97 Å². The third kappa shape index (κ3) is 6.67. The van der Waals surface area contributed by atoms with E-state index < -0.39 is 11.9 Å². The van der Waals surface area contributed by atoms with Crippen molar-refractivity contribution in [2.75, 3.05) is 20.3 Å². The number of carbonyl (C=O) groups is 1. The molecule has 0 aromatic heterocycles. The second-order valence-electron chi connectivity index (χ2n) is 9.68. The smallest absolute Gasteiger partial charge is 0.349 e. The summed E-state index contributed by atoms with van der Waals surface area (Å²) in [6.45, 7) is 6.41. The van der Waals surface area contributed by atoms with Crippen LogP contribution >= 0.6 is 0 Å². The Bertz CT molecular complexity index is 1440. The van der Waals surface area contributed by atoms with Gasteiger partial charge < -0.3 is 29.4 Å². The minimum atomic E-state index is -0.563. The Morgan fingerprint density at radius 2 is 1.75 bits per heavy atom. The van der Waals surface area contributed by atoms with Gasteiger partial charge in [-0.1, -0.05) is 38.0 Å². The normalized spacial score (nSPS) is 14.0. The number of allylic oxidation sites excluding steroid dienone is 1. The number of fused-ring (bicyclic) bond motifs is 1. The van der Waals surface area contributed by atoms with Crippen LogP contribution in [0.2, 0.25) is 0 Å². The van der Waals surface area contributed by atoms with Crippen LogP contribution in [0.4, 0.5) is 0 Å². The van der Waals surface area contributed by atoms with Gasteiger partial charge in [-0.15, -0.1) is 0 Å². The Balaban J connectivity index is 1.54. The number of ether oxygens (including phenoxy) is 5. The summed E-state index contributed by atoms with van der Waals surface area (Å²) in [5, 5.41) is 9.92. The number of benzene rings is 3. The molecule has 8 nitrogen and oxygen atoms in total. The molecular weight excluding hydrogens is 508 g/mol. The quantitative estimate of drug-likeness (QED) is 0.176. The average molecular weight is 543 g/mol. The van der Waals surface area contributed by atoms with E-state index in [1.807, 2.05) is 50.2 Å². The summed E-state index contributed by atoms with van der Waals surface area (Å²) in [5.41, 5.74) is 10.0. The van der Waals surface area contributed by atoms with Gasteiger partial charge in [0.2, 0.25) is 5.88 Å². The Kier molecular flexibility index (Phi) is 9.18. The fourth-order valence-corrected chi connectivity index (χ4v) is 4.68. The number of rotatable bonds is 11. The van der Waals surface area contributed by atoms with Crippen LogP contribution in [0.1, 0.15) is 54.4 Å². The van der Waals surface area contributed by atoms with Crippen molar-refractivity contribution in [3.8, 4) is 34.8 Å². The molecule has 2 N–H and O–H groups in total. The molecule has 1 unspecified atom stereocenters. The lowest BCUT2D eigenvalue weighted by Crippen LogP contribution is -2.22. The van der Waals surface area contributed by atoms with Crippen molar-refractivity contribution in [1.82, 2.24) is 0 Å². The standard InChI is InChI=1S/C32H34N2O6/c1-5-6-7-12-37-27-11-8-22(16-29(27)36-4)31-25-10-9-23(17-28(25)40-32(34)26(31)18-33)39-30(35)19-38-24-14-20(2)13-21(3)15-24/h8-11,13-17,31H,5-7,12,19,34H2,1-4H3. The lowest BCUT2D eigenvalue weighted by atomic mass is 9.83. The number of nitriles is 1. The van der Waals surface area contributed by atoms with Crippen LogP contribution in [0, 0.1) is 25.2 Å². The zero-order valence-corrected chi connectivity index (χ0v) is 23.3. The summed E-state index contributed by atoms with van der Waals surface area (Å²) in [6, 6.07) is 18.5. The second-order valence-corrected chi connectivity index (χ2v) is 9.68. The fourth-order valence-electron chi connectivity index (χ4n) is 4.68. The third-order valence-electron chi connectivity index (χ3n) is 6.50. The van der Waals surface area contributed by atoms with Crippen molar-refractivity contribution in [2.24, 2.45) is 5.73 Å². The van der Waals surface area contributed by atoms with Crippen LogP contribution in [0.25, 0.3) is 0 Å². The maximum atomic E-state index is 12.5. The topological polar surface area (TPSA) is 113 Å². The first-order chi connectivity index (χ1) is 19.3. The minimum Gasteiger partial charge on any atom is -0.493 e. The molecular formula is C32H34N2O6. The van der Waals surface area contributed by atoms with Crippen molar-refractivity contribution in [2.45, 2.75) is 46.0 Å². The maximum Gasteiger partial charge on any atom is 0.349 e. The molecule has 3 aromatic carbocycles. The average Bonchev–Trinajstić information content (AvgIpc) is 2.93. The molecule has 3 aromatic rings. The molecule has 1 aliphatic rings. The van der Waals surface area contributed by atoms with E-state index in [9.17, 15) is 10.1 Å². The van der Waals surface area contributed by atoms with Crippen molar-refractivity contribution >= 4 is 5.97 Å². The van der Waals surface area contributed by atoms with Crippen molar-refractivity contribution in [1.29, 1.82) is 5.26 Å². The van der Waals surface area contributed by atoms with Crippen LogP contribution < -0.4 is 29.4 Å². The van der Waals surface area contributed by atoms with E-state index in [4.69, 9.17) is 29.4 Å². The van der Waals surface area contributed by atoms with Crippen molar-refractivity contribution in [3.05, 3.63) is 88.3 Å². The van der Waals surface area contributed by atoms with Gasteiger partial charge in [0.1, 0.15) is 28.9 Å². The van der Waals surface area contributed by atoms with Gasteiger partial charge in [0.15, 0.2) is 18.1 Å². The number of methoxy groups -OCH3 is 1. The molecule has 8 heteroatoms. The number of nitrogens with two attached hydrogens (primary N) is 1. The van der Waals surface area contributed by atoms with Gasteiger partial charge in [0.05, 0.1) is 19.6 Å². The summed E-state index contributed by atoms with van der Waals surface area (Å²) in [7, 11) is 1.58. The molecule has 1 aliphatic heterocycles. The number of unbranched alkanes of at least 4 members (excludes halogenated alkanes) is 2. The maximum absolute atomic E-state index is 12.5. The van der Waals surface area contributed by atoms with Crippen molar-refractivity contribution < 1.29 is 28.5 Å². The van der Waals surface area contributed by atoms with E-state index in [0.717, 1.165) is 36.0 Å². The van der Waals surface area contributed by atoms with E-state index in [1.165, 1.54) is 0 Å². The first-order valence-corrected chi connectivity index (χ1v) is 13.3. The summed E-state index contributed by atoms with van der Waals surface area (Å²) in [4.78, 5) is 12.5. The molecule has 0 aliphatic carbocycles. The van der Waals surface area contributed by atoms with E-state index in [-0.39, 0.29) is 23.8 Å².